The summed E-state index contributed by atoms with van der Waals surface area (Å²) >= 11 is 3.32. The fourth-order valence-corrected chi connectivity index (χ4v) is 1.72. The molecule has 0 heterocycles. The first kappa shape index (κ1) is 13.7. The van der Waals surface area contributed by atoms with E-state index in [4.69, 9.17) is 4.74 Å². The van der Waals surface area contributed by atoms with Gasteiger partial charge in [-0.2, -0.15) is 0 Å². The van der Waals surface area contributed by atoms with E-state index < -0.39 is 12.0 Å². The van der Waals surface area contributed by atoms with Crippen LogP contribution in [0.4, 0.5) is 0 Å². The van der Waals surface area contributed by atoms with Gasteiger partial charge in [0.2, 0.25) is 5.91 Å². The molecule has 0 radical (unpaired) electrons. The van der Waals surface area contributed by atoms with Gasteiger partial charge in [-0.25, -0.2) is 4.79 Å². The molecule has 1 rings (SSSR count). The van der Waals surface area contributed by atoms with Gasteiger partial charge >= 0.3 is 5.97 Å². The van der Waals surface area contributed by atoms with Crippen LogP contribution in [0.3, 0.4) is 0 Å². The number of esters is 1. The number of rotatable bonds is 3. The Kier molecular flexibility index (Phi) is 4.69. The molecule has 0 aliphatic heterocycles. The largest absolute Gasteiger partial charge is 0.467 e. The molecule has 1 atom stereocenters. The van der Waals surface area contributed by atoms with Gasteiger partial charge in [0, 0.05) is 18.4 Å². The molecule has 92 valence electrons. The predicted molar refractivity (Wildman–Crippen MR) is 67.3 cm³/mol. The normalized spacial score (nSPS) is 11.8. The molecule has 1 aromatic carbocycles. The standard InChI is InChI=1S/C12H14BrNO3/c1-8(15)14(2)11(12(16)17-3)9-4-6-10(13)7-5-9/h4-7,11H,1-3H3. The summed E-state index contributed by atoms with van der Waals surface area (Å²) < 4.78 is 5.64. The summed E-state index contributed by atoms with van der Waals surface area (Å²) in [6.07, 6.45) is 0. The van der Waals surface area contributed by atoms with Crippen molar-refractivity contribution < 1.29 is 14.3 Å². The summed E-state index contributed by atoms with van der Waals surface area (Å²) in [5.74, 6) is -0.645. The van der Waals surface area contributed by atoms with Crippen molar-refractivity contribution in [1.82, 2.24) is 4.90 Å². The summed E-state index contributed by atoms with van der Waals surface area (Å²) in [5.41, 5.74) is 0.720. The van der Waals surface area contributed by atoms with Crippen molar-refractivity contribution in [3.8, 4) is 0 Å². The molecule has 0 N–H and O–H groups in total. The Morgan fingerprint density at radius 3 is 2.24 bits per heavy atom. The lowest BCUT2D eigenvalue weighted by Crippen LogP contribution is -2.35. The molecule has 1 aromatic rings. The molecule has 4 nitrogen and oxygen atoms in total. The maximum atomic E-state index is 11.7. The first-order valence-corrected chi connectivity index (χ1v) is 5.83. The van der Waals surface area contributed by atoms with Crippen molar-refractivity contribution in [2.24, 2.45) is 0 Å². The van der Waals surface area contributed by atoms with Crippen LogP contribution in [0, 0.1) is 0 Å². The van der Waals surface area contributed by atoms with E-state index in [1.54, 1.807) is 19.2 Å². The summed E-state index contributed by atoms with van der Waals surface area (Å²) in [6, 6.07) is 6.50. The van der Waals surface area contributed by atoms with E-state index in [0.29, 0.717) is 0 Å². The molecule has 0 saturated heterocycles. The molecule has 5 heteroatoms. The summed E-state index contributed by atoms with van der Waals surface area (Å²) in [6.45, 7) is 1.41. The number of carbonyl (C=O) groups is 2. The highest BCUT2D eigenvalue weighted by Gasteiger charge is 2.27. The molecular weight excluding hydrogens is 286 g/mol. The molecule has 0 aromatic heterocycles. The first-order valence-electron chi connectivity index (χ1n) is 5.04. The number of hydrogen-bond donors (Lipinski definition) is 0. The highest BCUT2D eigenvalue weighted by atomic mass is 79.9. The van der Waals surface area contributed by atoms with Gasteiger partial charge in [-0.3, -0.25) is 4.79 Å². The van der Waals surface area contributed by atoms with Crippen LogP contribution >= 0.6 is 15.9 Å². The molecule has 1 amide bonds. The summed E-state index contributed by atoms with van der Waals surface area (Å²) in [5, 5.41) is 0. The Balaban J connectivity index is 3.10. The smallest absolute Gasteiger partial charge is 0.333 e. The molecule has 0 saturated carbocycles. The molecule has 17 heavy (non-hydrogen) atoms. The lowest BCUT2D eigenvalue weighted by Gasteiger charge is -2.25. The van der Waals surface area contributed by atoms with Crippen molar-refractivity contribution >= 4 is 27.8 Å². The number of nitrogens with zero attached hydrogens (tertiary/aromatic N) is 1. The average Bonchev–Trinajstić information content (AvgIpc) is 2.31. The van der Waals surface area contributed by atoms with Gasteiger partial charge in [0.15, 0.2) is 6.04 Å². The van der Waals surface area contributed by atoms with Gasteiger partial charge in [0.05, 0.1) is 7.11 Å². The van der Waals surface area contributed by atoms with E-state index in [1.807, 2.05) is 12.1 Å². The molecule has 0 aliphatic carbocycles. The second-order valence-corrected chi connectivity index (χ2v) is 4.52. The summed E-state index contributed by atoms with van der Waals surface area (Å²) in [7, 11) is 2.88. The monoisotopic (exact) mass is 299 g/mol. The van der Waals surface area contributed by atoms with Gasteiger partial charge in [-0.15, -0.1) is 0 Å². The van der Waals surface area contributed by atoms with Gasteiger partial charge in [-0.1, -0.05) is 28.1 Å². The zero-order chi connectivity index (χ0) is 13.0. The molecule has 0 bridgehead atoms. The fraction of sp³-hybridized carbons (Fsp3) is 0.333. The number of ether oxygens (including phenoxy) is 1. The van der Waals surface area contributed by atoms with Crippen LogP contribution in [-0.2, 0) is 14.3 Å². The zero-order valence-electron chi connectivity index (χ0n) is 9.94. The summed E-state index contributed by atoms with van der Waals surface area (Å²) in [4.78, 5) is 24.4. The van der Waals surface area contributed by atoms with Crippen LogP contribution in [-0.4, -0.2) is 30.9 Å². The highest BCUT2D eigenvalue weighted by Crippen LogP contribution is 2.22. The van der Waals surface area contributed by atoms with Crippen molar-refractivity contribution in [3.05, 3.63) is 34.3 Å². The van der Waals surface area contributed by atoms with Gasteiger partial charge in [0.1, 0.15) is 0 Å². The van der Waals surface area contributed by atoms with Crippen LogP contribution in [0.2, 0.25) is 0 Å². The lowest BCUT2D eigenvalue weighted by molar-refractivity contribution is -0.151. The highest BCUT2D eigenvalue weighted by molar-refractivity contribution is 9.10. The third-order valence-electron chi connectivity index (χ3n) is 2.49. The number of amides is 1. The quantitative estimate of drug-likeness (QED) is 0.804. The van der Waals surface area contributed by atoms with Crippen LogP contribution in [0.1, 0.15) is 18.5 Å². The van der Waals surface area contributed by atoms with Crippen LogP contribution in [0.25, 0.3) is 0 Å². The molecule has 0 spiro atoms. The average molecular weight is 300 g/mol. The second kappa shape index (κ2) is 5.82. The van der Waals surface area contributed by atoms with Crippen molar-refractivity contribution in [2.45, 2.75) is 13.0 Å². The Morgan fingerprint density at radius 2 is 1.82 bits per heavy atom. The van der Waals surface area contributed by atoms with E-state index in [9.17, 15) is 9.59 Å². The third kappa shape index (κ3) is 3.30. The first-order chi connectivity index (χ1) is 7.97. The molecule has 0 aliphatic rings. The molecule has 1 unspecified atom stereocenters. The second-order valence-electron chi connectivity index (χ2n) is 3.61. The van der Waals surface area contributed by atoms with Crippen molar-refractivity contribution in [2.75, 3.05) is 14.2 Å². The van der Waals surface area contributed by atoms with Gasteiger partial charge in [0.25, 0.3) is 0 Å². The van der Waals surface area contributed by atoms with E-state index >= 15 is 0 Å². The maximum Gasteiger partial charge on any atom is 0.333 e. The van der Waals surface area contributed by atoms with Crippen LogP contribution in [0.15, 0.2) is 28.7 Å². The predicted octanol–water partition coefficient (Wildman–Crippen LogP) is 2.14. The minimum absolute atomic E-state index is 0.191. The number of hydrogen-bond acceptors (Lipinski definition) is 3. The van der Waals surface area contributed by atoms with E-state index in [-0.39, 0.29) is 5.91 Å². The fourth-order valence-electron chi connectivity index (χ4n) is 1.46. The van der Waals surface area contributed by atoms with Gasteiger partial charge in [-0.05, 0) is 17.7 Å². The van der Waals surface area contributed by atoms with Crippen LogP contribution in [0.5, 0.6) is 0 Å². The van der Waals surface area contributed by atoms with Crippen molar-refractivity contribution in [3.63, 3.8) is 0 Å². The Bertz CT molecular complexity index is 416. The number of methoxy groups -OCH3 is 1. The van der Waals surface area contributed by atoms with Gasteiger partial charge < -0.3 is 9.64 Å². The number of carbonyl (C=O) groups excluding carboxylic acids is 2. The number of benzene rings is 1. The van der Waals surface area contributed by atoms with Crippen molar-refractivity contribution in [1.29, 1.82) is 0 Å². The SMILES string of the molecule is COC(=O)C(c1ccc(Br)cc1)N(C)C(C)=O. The minimum Gasteiger partial charge on any atom is -0.467 e. The van der Waals surface area contributed by atoms with E-state index in [2.05, 4.69) is 15.9 Å². The maximum absolute atomic E-state index is 11.7. The number of likely N-dealkylation sites (N-methyl/N-ethyl adjacent to an activating group) is 1. The van der Waals surface area contributed by atoms with E-state index in [0.717, 1.165) is 10.0 Å². The third-order valence-corrected chi connectivity index (χ3v) is 3.02. The van der Waals surface area contributed by atoms with Crippen LogP contribution < -0.4 is 0 Å². The zero-order valence-corrected chi connectivity index (χ0v) is 11.5. The topological polar surface area (TPSA) is 46.6 Å². The Labute approximate surface area is 109 Å². The molecular formula is C12H14BrNO3. The van der Waals surface area contributed by atoms with E-state index in [1.165, 1.54) is 18.9 Å². The minimum atomic E-state index is -0.703. The Morgan fingerprint density at radius 1 is 1.29 bits per heavy atom. The lowest BCUT2D eigenvalue weighted by atomic mass is 10.1. The number of halogens is 1. The molecule has 0 fully saturated rings. The Hall–Kier alpha value is -1.36.